The van der Waals surface area contributed by atoms with E-state index in [1.54, 1.807) is 6.07 Å². The fraction of sp³-hybridized carbons (Fsp3) is 0.462. The number of carbonyl (C=O) groups is 1. The molecule has 1 fully saturated rings. The number of aromatic hydroxyl groups is 1. The molecule has 4 heteroatoms. The number of phenols is 1. The van der Waals surface area contributed by atoms with E-state index in [1.165, 1.54) is 6.92 Å². The second kappa shape index (κ2) is 5.19. The standard InChI is InChI=1S/C13H18N2O2/c1-9(16)15-13-11(5-2-6-12(13)17)10-4-3-7-14-8-10/h2,5-6,10,14,17H,3-4,7-8H2,1H3,(H,15,16). The first-order chi connectivity index (χ1) is 8.18. The highest BCUT2D eigenvalue weighted by Crippen LogP contribution is 2.35. The van der Waals surface area contributed by atoms with Crippen molar-refractivity contribution in [1.82, 2.24) is 5.32 Å². The van der Waals surface area contributed by atoms with Gasteiger partial charge in [-0.05, 0) is 36.9 Å². The Labute approximate surface area is 101 Å². The summed E-state index contributed by atoms with van der Waals surface area (Å²) in [4.78, 5) is 11.2. The first-order valence-electron chi connectivity index (χ1n) is 5.98. The molecule has 0 spiro atoms. The second-order valence-electron chi connectivity index (χ2n) is 4.47. The van der Waals surface area contributed by atoms with Gasteiger partial charge in [0.05, 0.1) is 5.69 Å². The first-order valence-corrected chi connectivity index (χ1v) is 5.98. The molecule has 1 aliphatic rings. The Morgan fingerprint density at radius 3 is 3.00 bits per heavy atom. The molecule has 1 heterocycles. The van der Waals surface area contributed by atoms with E-state index in [4.69, 9.17) is 0 Å². The summed E-state index contributed by atoms with van der Waals surface area (Å²) in [7, 11) is 0. The number of anilines is 1. The molecule has 4 nitrogen and oxygen atoms in total. The third-order valence-electron chi connectivity index (χ3n) is 3.11. The largest absolute Gasteiger partial charge is 0.506 e. The molecule has 92 valence electrons. The van der Waals surface area contributed by atoms with Crippen LogP contribution in [0.4, 0.5) is 5.69 Å². The fourth-order valence-corrected chi connectivity index (χ4v) is 2.33. The Morgan fingerprint density at radius 1 is 1.53 bits per heavy atom. The average Bonchev–Trinajstić information content (AvgIpc) is 2.32. The van der Waals surface area contributed by atoms with Crippen molar-refractivity contribution in [2.45, 2.75) is 25.7 Å². The SMILES string of the molecule is CC(=O)Nc1c(O)cccc1C1CCCNC1. The summed E-state index contributed by atoms with van der Waals surface area (Å²) in [6.45, 7) is 3.40. The van der Waals surface area contributed by atoms with Crippen molar-refractivity contribution in [3.8, 4) is 5.75 Å². The van der Waals surface area contributed by atoms with Gasteiger partial charge in [0.1, 0.15) is 5.75 Å². The molecule has 1 aliphatic heterocycles. The number of amides is 1. The summed E-state index contributed by atoms with van der Waals surface area (Å²) in [6.07, 6.45) is 2.21. The minimum absolute atomic E-state index is 0.142. The molecule has 1 amide bonds. The molecule has 1 atom stereocenters. The highest BCUT2D eigenvalue weighted by molar-refractivity contribution is 5.91. The number of hydrogen-bond acceptors (Lipinski definition) is 3. The summed E-state index contributed by atoms with van der Waals surface area (Å²) in [5, 5.41) is 15.9. The molecule has 1 aromatic rings. The second-order valence-corrected chi connectivity index (χ2v) is 4.47. The molecule has 0 aromatic heterocycles. The lowest BCUT2D eigenvalue weighted by Crippen LogP contribution is -2.29. The van der Waals surface area contributed by atoms with Crippen LogP contribution in [-0.4, -0.2) is 24.1 Å². The Bertz CT molecular complexity index is 412. The first kappa shape index (κ1) is 11.9. The monoisotopic (exact) mass is 234 g/mol. The lowest BCUT2D eigenvalue weighted by Gasteiger charge is -2.25. The maximum Gasteiger partial charge on any atom is 0.221 e. The minimum Gasteiger partial charge on any atom is -0.506 e. The zero-order valence-electron chi connectivity index (χ0n) is 9.99. The fourth-order valence-electron chi connectivity index (χ4n) is 2.33. The molecular weight excluding hydrogens is 216 g/mol. The molecule has 17 heavy (non-hydrogen) atoms. The van der Waals surface area contributed by atoms with Gasteiger partial charge in [-0.15, -0.1) is 0 Å². The molecule has 1 saturated heterocycles. The van der Waals surface area contributed by atoms with E-state index in [2.05, 4.69) is 10.6 Å². The molecule has 0 aliphatic carbocycles. The smallest absolute Gasteiger partial charge is 0.221 e. The maximum atomic E-state index is 11.2. The van der Waals surface area contributed by atoms with Crippen LogP contribution in [0.2, 0.25) is 0 Å². The molecule has 3 N–H and O–H groups in total. The van der Waals surface area contributed by atoms with Gasteiger partial charge in [-0.3, -0.25) is 4.79 Å². The summed E-state index contributed by atoms with van der Waals surface area (Å²) >= 11 is 0. The number of phenolic OH excluding ortho intramolecular Hbond substituents is 1. The summed E-state index contributed by atoms with van der Waals surface area (Å²) in [6, 6.07) is 5.40. The van der Waals surface area contributed by atoms with Gasteiger partial charge >= 0.3 is 0 Å². The Hall–Kier alpha value is -1.55. The van der Waals surface area contributed by atoms with Crippen molar-refractivity contribution in [2.75, 3.05) is 18.4 Å². The van der Waals surface area contributed by atoms with Crippen molar-refractivity contribution < 1.29 is 9.90 Å². The van der Waals surface area contributed by atoms with E-state index in [9.17, 15) is 9.90 Å². The van der Waals surface area contributed by atoms with E-state index in [1.807, 2.05) is 12.1 Å². The van der Waals surface area contributed by atoms with Crippen LogP contribution in [0.15, 0.2) is 18.2 Å². The Morgan fingerprint density at radius 2 is 2.35 bits per heavy atom. The Kier molecular flexibility index (Phi) is 3.64. The van der Waals surface area contributed by atoms with E-state index < -0.39 is 0 Å². The van der Waals surface area contributed by atoms with Crippen molar-refractivity contribution in [3.05, 3.63) is 23.8 Å². The number of carbonyl (C=O) groups excluding carboxylic acids is 1. The number of benzene rings is 1. The number of hydrogen-bond donors (Lipinski definition) is 3. The molecule has 0 bridgehead atoms. The zero-order valence-corrected chi connectivity index (χ0v) is 9.99. The highest BCUT2D eigenvalue weighted by atomic mass is 16.3. The molecule has 2 rings (SSSR count). The topological polar surface area (TPSA) is 61.4 Å². The van der Waals surface area contributed by atoms with E-state index >= 15 is 0 Å². The van der Waals surface area contributed by atoms with Crippen LogP contribution in [0.5, 0.6) is 5.75 Å². The van der Waals surface area contributed by atoms with Crippen molar-refractivity contribution in [1.29, 1.82) is 0 Å². The van der Waals surface area contributed by atoms with Gasteiger partial charge in [-0.25, -0.2) is 0 Å². The molecule has 1 aromatic carbocycles. The zero-order chi connectivity index (χ0) is 12.3. The van der Waals surface area contributed by atoms with Gasteiger partial charge in [-0.2, -0.15) is 0 Å². The number of nitrogens with one attached hydrogen (secondary N) is 2. The number of rotatable bonds is 2. The van der Waals surface area contributed by atoms with Crippen LogP contribution in [0.25, 0.3) is 0 Å². The molecular formula is C13H18N2O2. The lowest BCUT2D eigenvalue weighted by molar-refractivity contribution is -0.114. The molecule has 0 radical (unpaired) electrons. The van der Waals surface area contributed by atoms with E-state index in [-0.39, 0.29) is 11.7 Å². The van der Waals surface area contributed by atoms with Crippen LogP contribution in [0.1, 0.15) is 31.2 Å². The van der Waals surface area contributed by atoms with Gasteiger partial charge in [0.25, 0.3) is 0 Å². The third kappa shape index (κ3) is 2.77. The van der Waals surface area contributed by atoms with E-state index in [0.717, 1.165) is 31.5 Å². The van der Waals surface area contributed by atoms with Gasteiger partial charge in [0.15, 0.2) is 0 Å². The van der Waals surface area contributed by atoms with Gasteiger partial charge in [0, 0.05) is 13.5 Å². The number of para-hydroxylation sites is 1. The van der Waals surface area contributed by atoms with Crippen LogP contribution in [0.3, 0.4) is 0 Å². The maximum absolute atomic E-state index is 11.2. The average molecular weight is 234 g/mol. The van der Waals surface area contributed by atoms with Crippen LogP contribution in [-0.2, 0) is 4.79 Å². The predicted molar refractivity (Wildman–Crippen MR) is 67.3 cm³/mol. The highest BCUT2D eigenvalue weighted by Gasteiger charge is 2.20. The summed E-state index contributed by atoms with van der Waals surface area (Å²) in [5.41, 5.74) is 1.58. The van der Waals surface area contributed by atoms with Crippen molar-refractivity contribution >= 4 is 11.6 Å². The van der Waals surface area contributed by atoms with Crippen molar-refractivity contribution in [2.24, 2.45) is 0 Å². The normalized spacial score (nSPS) is 19.9. The predicted octanol–water partition coefficient (Wildman–Crippen LogP) is 1.82. The van der Waals surface area contributed by atoms with Gasteiger partial charge in [0.2, 0.25) is 5.91 Å². The molecule has 1 unspecified atom stereocenters. The minimum atomic E-state index is -0.156. The van der Waals surface area contributed by atoms with Crippen molar-refractivity contribution in [3.63, 3.8) is 0 Å². The quantitative estimate of drug-likeness (QED) is 0.684. The molecule has 0 saturated carbocycles. The van der Waals surface area contributed by atoms with Crippen LogP contribution < -0.4 is 10.6 Å². The van der Waals surface area contributed by atoms with Gasteiger partial charge in [-0.1, -0.05) is 12.1 Å². The van der Waals surface area contributed by atoms with E-state index in [0.29, 0.717) is 11.6 Å². The van der Waals surface area contributed by atoms with Crippen LogP contribution in [0, 0.1) is 0 Å². The van der Waals surface area contributed by atoms with Gasteiger partial charge < -0.3 is 15.7 Å². The lowest BCUT2D eigenvalue weighted by atomic mass is 9.90. The summed E-state index contributed by atoms with van der Waals surface area (Å²) < 4.78 is 0. The Balaban J connectivity index is 2.30. The van der Waals surface area contributed by atoms with Crippen LogP contribution >= 0.6 is 0 Å². The number of piperidine rings is 1. The third-order valence-corrected chi connectivity index (χ3v) is 3.11. The summed E-state index contributed by atoms with van der Waals surface area (Å²) in [5.74, 6) is 0.345.